The molecule has 2 aliphatic carbocycles. The largest absolute Gasteiger partial charge is 0.756 e. The molecule has 7 rings (SSSR count). The van der Waals surface area contributed by atoms with E-state index in [1.165, 1.54) is 27.2 Å². The highest BCUT2D eigenvalue weighted by atomic mass is 31.2. The summed E-state index contributed by atoms with van der Waals surface area (Å²) >= 11 is 0. The normalized spacial score (nSPS) is 26.9. The Hall–Kier alpha value is -5.79. The number of fused-ring (bicyclic) bond motifs is 2. The quantitative estimate of drug-likeness (QED) is 0.0242. The van der Waals surface area contributed by atoms with Crippen molar-refractivity contribution in [3.8, 4) is 0 Å². The van der Waals surface area contributed by atoms with E-state index >= 15 is 0 Å². The van der Waals surface area contributed by atoms with Gasteiger partial charge in [0.25, 0.3) is 7.82 Å². The van der Waals surface area contributed by atoms with Gasteiger partial charge in [0.2, 0.25) is 47.3 Å². The van der Waals surface area contributed by atoms with Crippen LogP contribution in [0.15, 0.2) is 0 Å². The topological polar surface area (TPSA) is 597 Å². The number of aliphatic hydroxyl groups excluding tert-OH is 9. The molecule has 0 aromatic carbocycles. The van der Waals surface area contributed by atoms with Crippen LogP contribution in [0, 0.1) is 23.7 Å². The molecule has 16 N–H and O–H groups in total. The fraction of sp³-hybridized carbons (Fsp3) is 0.881. The van der Waals surface area contributed by atoms with Crippen LogP contribution in [0.25, 0.3) is 0 Å². The third-order valence-corrected chi connectivity index (χ3v) is 24.9. The number of carbonyl (C=O) groups is 8. The Morgan fingerprint density at radius 2 is 0.867 bits per heavy atom. The first-order chi connectivity index (χ1) is 61.6. The summed E-state index contributed by atoms with van der Waals surface area (Å²) in [5, 5.41) is 120. The molecular formula is C84H147N11O32P-. The number of aryl methyl sites for hydroxylation is 1. The predicted octanol–water partition coefficient (Wildman–Crippen LogP) is -2.25. The molecule has 43 nitrogen and oxygen atoms in total. The van der Waals surface area contributed by atoms with Crippen molar-refractivity contribution in [3.63, 3.8) is 0 Å². The molecule has 1 aromatic heterocycles. The SMILES string of the molecule is COP(=O)([O-])OCCCCCCC1C2CCc3nnn(CCOCCOCCC(=O)N4CCC(C(=O)NC(COCCC(=O)NCCCCCCOC5OC(CO)C(O)C(O)C5NC(C)=O)(COCCC(=O)NCCCCCCOC5OC(CO)C(O)C(O)C5NC(C)=O)COCCC(=O)NCCCCCCOC5OC(CO)C(O)C(O)C5NC(C)=O)CC4)c3CCC12. The van der Waals surface area contributed by atoms with Crippen molar-refractivity contribution in [3.05, 3.63) is 11.4 Å². The molecule has 8 amide bonds. The average molecular weight is 1850 g/mol. The molecule has 128 heavy (non-hydrogen) atoms. The molecule has 5 heterocycles. The van der Waals surface area contributed by atoms with E-state index in [4.69, 9.17) is 56.6 Å². The molecular weight excluding hydrogens is 1710 g/mol. The minimum Gasteiger partial charge on any atom is -0.756 e. The average Bonchev–Trinajstić information content (AvgIpc) is 1.56. The first-order valence-corrected chi connectivity index (χ1v) is 47.3. The lowest BCUT2D eigenvalue weighted by molar-refractivity contribution is -0.270. The van der Waals surface area contributed by atoms with Gasteiger partial charge in [-0.25, -0.2) is 4.68 Å². The Morgan fingerprint density at radius 1 is 0.477 bits per heavy atom. The minimum absolute atomic E-state index is 0.0790. The van der Waals surface area contributed by atoms with Gasteiger partial charge in [0, 0.05) is 106 Å². The highest BCUT2D eigenvalue weighted by molar-refractivity contribution is 7.45. The second kappa shape index (κ2) is 59.8. The Kier molecular flexibility index (Phi) is 51.0. The molecule has 1 saturated carbocycles. The number of nitrogens with zero attached hydrogens (tertiary/aromatic N) is 4. The van der Waals surface area contributed by atoms with Crippen molar-refractivity contribution in [2.24, 2.45) is 23.7 Å². The van der Waals surface area contributed by atoms with E-state index in [0.29, 0.717) is 153 Å². The molecule has 19 atom stereocenters. The molecule has 0 radical (unpaired) electrons. The van der Waals surface area contributed by atoms with Crippen molar-refractivity contribution < 1.29 is 155 Å². The van der Waals surface area contributed by atoms with Gasteiger partial charge in [0.1, 0.15) is 78.6 Å². The number of nitrogens with one attached hydrogen (secondary N) is 7. The number of rotatable bonds is 65. The van der Waals surface area contributed by atoms with E-state index in [-0.39, 0.29) is 148 Å². The van der Waals surface area contributed by atoms with Crippen molar-refractivity contribution in [1.82, 2.24) is 57.1 Å². The van der Waals surface area contributed by atoms with Crippen molar-refractivity contribution in [1.29, 1.82) is 0 Å². The monoisotopic (exact) mass is 1850 g/mol. The van der Waals surface area contributed by atoms with Crippen molar-refractivity contribution >= 4 is 55.1 Å². The number of ether oxygens (including phenoxy) is 11. The Labute approximate surface area is 749 Å². The van der Waals surface area contributed by atoms with Gasteiger partial charge in [0.15, 0.2) is 18.9 Å². The van der Waals surface area contributed by atoms with Gasteiger partial charge in [-0.05, 0) is 108 Å². The summed E-state index contributed by atoms with van der Waals surface area (Å²) in [7, 11) is -3.10. The predicted molar refractivity (Wildman–Crippen MR) is 452 cm³/mol. The molecule has 44 heteroatoms. The van der Waals surface area contributed by atoms with Crippen LogP contribution < -0.4 is 42.1 Å². The van der Waals surface area contributed by atoms with Crippen LogP contribution >= 0.6 is 7.82 Å². The molecule has 4 saturated heterocycles. The van der Waals surface area contributed by atoms with Crippen LogP contribution in [0.4, 0.5) is 0 Å². The number of amides is 8. The van der Waals surface area contributed by atoms with Crippen molar-refractivity contribution in [2.45, 2.75) is 298 Å². The van der Waals surface area contributed by atoms with Gasteiger partial charge < -0.3 is 154 Å². The van der Waals surface area contributed by atoms with Crippen LogP contribution in [0.1, 0.15) is 193 Å². The van der Waals surface area contributed by atoms with Crippen LogP contribution in [0.5, 0.6) is 0 Å². The van der Waals surface area contributed by atoms with Crippen LogP contribution in [-0.2, 0) is 123 Å². The van der Waals surface area contributed by atoms with Gasteiger partial charge in [-0.2, -0.15) is 0 Å². The minimum atomic E-state index is -4.19. The number of phosphoric ester groups is 1. The first kappa shape index (κ1) is 109. The summed E-state index contributed by atoms with van der Waals surface area (Å²) in [6.07, 6.45) is 1.51. The zero-order valence-corrected chi connectivity index (χ0v) is 75.9. The van der Waals surface area contributed by atoms with Gasteiger partial charge in [-0.3, -0.25) is 42.9 Å². The fourth-order valence-corrected chi connectivity index (χ4v) is 17.2. The lowest BCUT2D eigenvalue weighted by Gasteiger charge is -2.42. The summed E-state index contributed by atoms with van der Waals surface area (Å²) in [5.41, 5.74) is 0.747. The number of hydrogen-bond donors (Lipinski definition) is 16. The summed E-state index contributed by atoms with van der Waals surface area (Å²) in [5.74, 6) is -1.39. The zero-order valence-electron chi connectivity index (χ0n) is 75.0. The van der Waals surface area contributed by atoms with E-state index in [2.05, 4.69) is 52.1 Å². The Bertz CT molecular complexity index is 3240. The molecule has 0 spiro atoms. The number of aromatic nitrogens is 3. The number of phosphoric acid groups is 1. The standard InChI is InChI=1S/C84H148N11O32P/c1-55(99)88-71-77(109)74(106)64(49-96)125-81(71)121-38-17-10-6-14-32-85-67(102)28-42-118-52-84(53-119-43-29-68(103)86-33-15-7-11-18-39-122-82-72(89-56(2)100)78(110)75(107)65(50-97)126-82,54-120-44-30-69(104)87-34-16-8-12-19-40-123-83-73(90-57(3)101)79(111)76(108)66(51-98)127-83)91-80(112)58-26-35-94(36-27-58)70(105)31-45-116-47-48-117-46-37-95-63-25-23-61-59(60(61)22-24-62(63)92-93-95)21-13-5-9-20-41-124-128(113,114)115-4/h58-61,64-66,71-79,81-83,96-98,106-111H,5-54H2,1-4H3,(H,85,102)(H,86,103)(H,87,104)(H,88,99)(H,89,100)(H,90,101)(H,91,112)(H,113,114)/p-1. The summed E-state index contributed by atoms with van der Waals surface area (Å²) in [4.78, 5) is 117. The van der Waals surface area contributed by atoms with Gasteiger partial charge in [-0.15, -0.1) is 5.10 Å². The second-order valence-corrected chi connectivity index (χ2v) is 35.5. The van der Waals surface area contributed by atoms with E-state index in [1.54, 1.807) is 4.90 Å². The van der Waals surface area contributed by atoms with E-state index in [1.807, 2.05) is 4.68 Å². The fourth-order valence-electron chi connectivity index (χ4n) is 16.7. The molecule has 5 fully saturated rings. The molecule has 19 unspecified atom stereocenters. The Morgan fingerprint density at radius 3 is 1.28 bits per heavy atom. The van der Waals surface area contributed by atoms with Gasteiger partial charge >= 0.3 is 0 Å². The third kappa shape index (κ3) is 38.7. The highest BCUT2D eigenvalue weighted by Gasteiger charge is 2.51. The number of aliphatic hydroxyl groups is 9. The van der Waals surface area contributed by atoms with Crippen molar-refractivity contribution in [2.75, 3.05) is 152 Å². The molecule has 1 aromatic rings. The van der Waals surface area contributed by atoms with E-state index in [9.17, 15) is 93.8 Å². The maximum Gasteiger partial charge on any atom is 0.267 e. The number of likely N-dealkylation sites (tertiary alicyclic amines) is 1. The molecule has 6 aliphatic rings. The number of hydrogen-bond acceptors (Lipinski definition) is 34. The van der Waals surface area contributed by atoms with E-state index < -0.39 is 149 Å². The number of piperidine rings is 1. The van der Waals surface area contributed by atoms with Gasteiger partial charge in [0.05, 0.1) is 117 Å². The lowest BCUT2D eigenvalue weighted by Crippen LogP contribution is -2.64. The summed E-state index contributed by atoms with van der Waals surface area (Å²) in [6, 6.07) is -3.20. The number of unbranched alkanes of at least 4 members (excludes halogenated alkanes) is 12. The molecule has 4 aliphatic heterocycles. The van der Waals surface area contributed by atoms with Crippen LogP contribution in [0.2, 0.25) is 0 Å². The maximum atomic E-state index is 14.7. The Balaban J connectivity index is 0.883. The maximum absolute atomic E-state index is 14.7. The van der Waals surface area contributed by atoms with Gasteiger partial charge in [-0.1, -0.05) is 63.0 Å². The highest BCUT2D eigenvalue weighted by Crippen LogP contribution is 2.55. The zero-order chi connectivity index (χ0) is 92.8. The second-order valence-electron chi connectivity index (χ2n) is 34.0. The van der Waals surface area contributed by atoms with Crippen LogP contribution in [0.3, 0.4) is 0 Å². The molecule has 736 valence electrons. The third-order valence-electron chi connectivity index (χ3n) is 24.0. The number of carbonyl (C=O) groups excluding carboxylic acids is 8. The van der Waals surface area contributed by atoms with Crippen LogP contribution in [-0.4, -0.2) is 363 Å². The smallest absolute Gasteiger partial charge is 0.267 e. The lowest BCUT2D eigenvalue weighted by atomic mass is 9.93. The van der Waals surface area contributed by atoms with E-state index in [0.717, 1.165) is 63.4 Å². The molecule has 0 bridgehead atoms. The summed E-state index contributed by atoms with van der Waals surface area (Å²) in [6.45, 7) is 4.83. The first-order valence-electron chi connectivity index (χ1n) is 45.9. The summed E-state index contributed by atoms with van der Waals surface area (Å²) < 4.78 is 87.4.